The van der Waals surface area contributed by atoms with Crippen LogP contribution in [-0.4, -0.2) is 24.9 Å². The fourth-order valence-corrected chi connectivity index (χ4v) is 6.90. The number of halogens is 1. The molecule has 1 aliphatic rings. The van der Waals surface area contributed by atoms with Crippen LogP contribution in [0, 0.1) is 11.8 Å². The molecule has 0 amide bonds. The van der Waals surface area contributed by atoms with Gasteiger partial charge in [-0.25, -0.2) is 8.97 Å². The van der Waals surface area contributed by atoms with E-state index >= 15 is 0 Å². The van der Waals surface area contributed by atoms with Crippen LogP contribution in [0.1, 0.15) is 44.1 Å². The maximum Gasteiger partial charge on any atom is 0.268 e. The third kappa shape index (κ3) is 3.70. The molecule has 1 aromatic carbocycles. The molecule has 0 radical (unpaired) electrons. The second-order valence-electron chi connectivity index (χ2n) is 8.80. The Labute approximate surface area is 194 Å². The van der Waals surface area contributed by atoms with Gasteiger partial charge in [-0.3, -0.25) is 4.79 Å². The predicted molar refractivity (Wildman–Crippen MR) is 130 cm³/mol. The molecule has 0 N–H and O–H groups in total. The standard InChI is InChI=1S/C23H25ClN4OS2/c1-13(2)10-11-30-23-26-25-22-27(16-7-5-15(24)6-8-16)20(29)19-17-12-14(3)4-9-18(17)31-21(19)28(22)23/h5-8,13-14H,4,9-12H2,1-3H3/t14-/m1/s1. The summed E-state index contributed by atoms with van der Waals surface area (Å²) in [4.78, 5) is 16.2. The number of aromatic nitrogens is 4. The summed E-state index contributed by atoms with van der Waals surface area (Å²) >= 11 is 9.57. The van der Waals surface area contributed by atoms with E-state index in [0.717, 1.165) is 46.1 Å². The first-order valence-corrected chi connectivity index (χ1v) is 12.9. The number of benzene rings is 1. The number of fused-ring (bicyclic) bond motifs is 5. The van der Waals surface area contributed by atoms with Gasteiger partial charge in [0.1, 0.15) is 4.83 Å². The van der Waals surface area contributed by atoms with Gasteiger partial charge in [0, 0.05) is 15.7 Å². The number of hydrogen-bond acceptors (Lipinski definition) is 5. The van der Waals surface area contributed by atoms with E-state index in [1.807, 2.05) is 24.3 Å². The van der Waals surface area contributed by atoms with Gasteiger partial charge in [-0.05, 0) is 67.3 Å². The summed E-state index contributed by atoms with van der Waals surface area (Å²) in [5.41, 5.74) is 1.97. The molecule has 162 valence electrons. The molecular formula is C23H25ClN4OS2. The molecule has 0 fully saturated rings. The number of thiophene rings is 1. The summed E-state index contributed by atoms with van der Waals surface area (Å²) in [6.07, 6.45) is 4.27. The van der Waals surface area contributed by atoms with E-state index < -0.39 is 0 Å². The molecule has 31 heavy (non-hydrogen) atoms. The normalized spacial score (nSPS) is 16.5. The Morgan fingerprint density at radius 3 is 2.77 bits per heavy atom. The number of hydrogen-bond donors (Lipinski definition) is 0. The molecule has 0 aliphatic heterocycles. The van der Waals surface area contributed by atoms with E-state index in [4.69, 9.17) is 11.6 Å². The van der Waals surface area contributed by atoms with E-state index in [9.17, 15) is 4.79 Å². The lowest BCUT2D eigenvalue weighted by Gasteiger charge is -2.18. The Bertz CT molecular complexity index is 1320. The number of aryl methyl sites for hydroxylation is 1. The molecule has 3 aromatic heterocycles. The van der Waals surface area contributed by atoms with Crippen LogP contribution < -0.4 is 5.56 Å². The van der Waals surface area contributed by atoms with Crippen molar-refractivity contribution in [3.63, 3.8) is 0 Å². The van der Waals surface area contributed by atoms with Gasteiger partial charge in [-0.2, -0.15) is 0 Å². The van der Waals surface area contributed by atoms with E-state index in [0.29, 0.717) is 22.6 Å². The van der Waals surface area contributed by atoms with Gasteiger partial charge in [-0.15, -0.1) is 21.5 Å². The van der Waals surface area contributed by atoms with Gasteiger partial charge in [0.2, 0.25) is 5.78 Å². The van der Waals surface area contributed by atoms with E-state index in [2.05, 4.69) is 35.4 Å². The lowest BCUT2D eigenvalue weighted by atomic mass is 9.89. The maximum absolute atomic E-state index is 13.8. The SMILES string of the molecule is CC(C)CCSc1nnc2n(-c3ccc(Cl)cc3)c(=O)c3c4c(sc3n12)CC[C@@H](C)C4. The Hall–Kier alpha value is -1.83. The van der Waals surface area contributed by atoms with E-state index in [1.165, 1.54) is 16.9 Å². The Balaban J connectivity index is 1.80. The van der Waals surface area contributed by atoms with Gasteiger partial charge in [0.25, 0.3) is 5.56 Å². The first-order valence-electron chi connectivity index (χ1n) is 10.8. The number of nitrogens with zero attached hydrogens (tertiary/aromatic N) is 4. The van der Waals surface area contributed by atoms with Gasteiger partial charge < -0.3 is 0 Å². The minimum atomic E-state index is -0.0115. The predicted octanol–water partition coefficient (Wildman–Crippen LogP) is 6.01. The van der Waals surface area contributed by atoms with Gasteiger partial charge >= 0.3 is 0 Å². The Morgan fingerprint density at radius 1 is 1.26 bits per heavy atom. The number of rotatable bonds is 5. The van der Waals surface area contributed by atoms with Crippen LogP contribution in [0.25, 0.3) is 21.7 Å². The van der Waals surface area contributed by atoms with Crippen molar-refractivity contribution in [2.24, 2.45) is 11.8 Å². The summed E-state index contributed by atoms with van der Waals surface area (Å²) in [6.45, 7) is 6.73. The fraction of sp³-hybridized carbons (Fsp3) is 0.435. The second-order valence-corrected chi connectivity index (χ2v) is 11.4. The minimum Gasteiger partial charge on any atom is -0.268 e. The highest BCUT2D eigenvalue weighted by Crippen LogP contribution is 2.38. The molecule has 0 unspecified atom stereocenters. The second kappa shape index (κ2) is 8.26. The zero-order chi connectivity index (χ0) is 21.7. The molecule has 0 saturated heterocycles. The minimum absolute atomic E-state index is 0.0115. The first kappa shape index (κ1) is 21.0. The lowest BCUT2D eigenvalue weighted by Crippen LogP contribution is -2.22. The highest BCUT2D eigenvalue weighted by molar-refractivity contribution is 7.99. The Morgan fingerprint density at radius 2 is 2.03 bits per heavy atom. The maximum atomic E-state index is 13.8. The molecule has 1 atom stereocenters. The van der Waals surface area contributed by atoms with Crippen molar-refractivity contribution in [3.05, 3.63) is 50.1 Å². The topological polar surface area (TPSA) is 52.2 Å². The summed E-state index contributed by atoms with van der Waals surface area (Å²) < 4.78 is 3.80. The molecule has 8 heteroatoms. The summed E-state index contributed by atoms with van der Waals surface area (Å²) in [5.74, 6) is 2.76. The monoisotopic (exact) mass is 472 g/mol. The highest BCUT2D eigenvalue weighted by atomic mass is 35.5. The molecule has 0 spiro atoms. The molecule has 5 rings (SSSR count). The largest absolute Gasteiger partial charge is 0.268 e. The van der Waals surface area contributed by atoms with Gasteiger partial charge in [0.05, 0.1) is 11.1 Å². The van der Waals surface area contributed by atoms with Crippen molar-refractivity contribution in [2.45, 2.75) is 51.6 Å². The summed E-state index contributed by atoms with van der Waals surface area (Å²) in [7, 11) is 0. The fourth-order valence-electron chi connectivity index (χ4n) is 4.21. The van der Waals surface area contributed by atoms with Gasteiger partial charge in [-0.1, -0.05) is 44.1 Å². The van der Waals surface area contributed by atoms with Crippen LogP contribution in [0.4, 0.5) is 0 Å². The average Bonchev–Trinajstić information content (AvgIpc) is 3.30. The molecule has 0 saturated carbocycles. The van der Waals surface area contributed by atoms with Crippen molar-refractivity contribution in [1.82, 2.24) is 19.2 Å². The third-order valence-electron chi connectivity index (χ3n) is 5.94. The van der Waals surface area contributed by atoms with Crippen LogP contribution in [0.15, 0.2) is 34.2 Å². The summed E-state index contributed by atoms with van der Waals surface area (Å²) in [6, 6.07) is 7.36. The van der Waals surface area contributed by atoms with E-state index in [1.54, 1.807) is 27.7 Å². The lowest BCUT2D eigenvalue weighted by molar-refractivity contribution is 0.508. The van der Waals surface area contributed by atoms with Crippen molar-refractivity contribution >= 4 is 50.7 Å². The van der Waals surface area contributed by atoms with Crippen LogP contribution in [0.5, 0.6) is 0 Å². The molecule has 0 bridgehead atoms. The number of thioether (sulfide) groups is 1. The molecule has 1 aliphatic carbocycles. The van der Waals surface area contributed by atoms with Gasteiger partial charge in [0.15, 0.2) is 5.16 Å². The zero-order valence-electron chi connectivity index (χ0n) is 17.9. The van der Waals surface area contributed by atoms with Crippen LogP contribution >= 0.6 is 34.7 Å². The average molecular weight is 473 g/mol. The molecule has 4 aromatic rings. The Kier molecular flexibility index (Phi) is 5.61. The highest BCUT2D eigenvalue weighted by Gasteiger charge is 2.27. The van der Waals surface area contributed by atoms with Crippen molar-refractivity contribution in [1.29, 1.82) is 0 Å². The third-order valence-corrected chi connectivity index (χ3v) is 8.43. The first-order chi connectivity index (χ1) is 14.9. The van der Waals surface area contributed by atoms with Crippen LogP contribution in [0.2, 0.25) is 5.02 Å². The molecular weight excluding hydrogens is 448 g/mol. The quantitative estimate of drug-likeness (QED) is 0.334. The van der Waals surface area contributed by atoms with E-state index in [-0.39, 0.29) is 5.56 Å². The molecule has 5 nitrogen and oxygen atoms in total. The van der Waals surface area contributed by atoms with Crippen molar-refractivity contribution in [3.8, 4) is 5.69 Å². The van der Waals surface area contributed by atoms with Crippen molar-refractivity contribution < 1.29 is 0 Å². The van der Waals surface area contributed by atoms with Crippen molar-refractivity contribution in [2.75, 3.05) is 5.75 Å². The molecule has 3 heterocycles. The summed E-state index contributed by atoms with van der Waals surface area (Å²) in [5, 5.41) is 11.3. The zero-order valence-corrected chi connectivity index (χ0v) is 20.3. The van der Waals surface area contributed by atoms with Crippen LogP contribution in [-0.2, 0) is 12.8 Å². The van der Waals surface area contributed by atoms with Crippen LogP contribution in [0.3, 0.4) is 0 Å². The smallest absolute Gasteiger partial charge is 0.268 e.